The fourth-order valence-electron chi connectivity index (χ4n) is 4.42. The number of ether oxygens (including phenoxy) is 1. The number of H-pyrrole nitrogens is 1. The van der Waals surface area contributed by atoms with Crippen molar-refractivity contribution in [2.24, 2.45) is 10.7 Å². The second-order valence-corrected chi connectivity index (χ2v) is 8.02. The summed E-state index contributed by atoms with van der Waals surface area (Å²) in [6, 6.07) is 11.1. The molecule has 0 bridgehead atoms. The summed E-state index contributed by atoms with van der Waals surface area (Å²) in [6.07, 6.45) is 5.75. The maximum atomic E-state index is 13.3. The number of para-hydroxylation sites is 1. The van der Waals surface area contributed by atoms with Crippen LogP contribution in [0.2, 0.25) is 0 Å². The first-order valence-electron chi connectivity index (χ1n) is 10.2. The van der Waals surface area contributed by atoms with Gasteiger partial charge in [0, 0.05) is 23.7 Å². The van der Waals surface area contributed by atoms with Crippen LogP contribution in [0.3, 0.4) is 0 Å². The number of aromatic amines is 1. The zero-order valence-electron chi connectivity index (χ0n) is 16.5. The molecule has 6 rings (SSSR count). The van der Waals surface area contributed by atoms with Crippen molar-refractivity contribution in [2.75, 3.05) is 5.32 Å². The van der Waals surface area contributed by atoms with Crippen LogP contribution in [0.25, 0.3) is 10.8 Å². The number of carbonyl (C=O) groups is 1. The highest BCUT2D eigenvalue weighted by Gasteiger charge is 2.52. The van der Waals surface area contributed by atoms with Crippen LogP contribution in [0.15, 0.2) is 58.5 Å². The molecular formula is C23H19N5O3. The number of aromatic nitrogens is 2. The van der Waals surface area contributed by atoms with Gasteiger partial charge in [0.2, 0.25) is 5.91 Å². The molecule has 2 aromatic carbocycles. The van der Waals surface area contributed by atoms with Crippen molar-refractivity contribution < 1.29 is 9.53 Å². The van der Waals surface area contributed by atoms with Crippen molar-refractivity contribution in [2.45, 2.75) is 30.9 Å². The van der Waals surface area contributed by atoms with Gasteiger partial charge in [0.05, 0.1) is 28.6 Å². The molecule has 0 saturated heterocycles. The number of benzene rings is 2. The van der Waals surface area contributed by atoms with Gasteiger partial charge in [-0.15, -0.1) is 0 Å². The molecule has 1 spiro atoms. The molecule has 1 aliphatic carbocycles. The standard InChI is InChI=1S/C23H19N5O3/c24-11-17-15-10-12(4-7-14(15)21(29)28-27-17)20-23(8-9-25-20)16-2-1-3-18(31-13-5-6-13)19(16)26-22(23)30/h1-4,7-10,13H,5-6,11,24H2,(H,26,30)(H,28,29). The number of amides is 1. The third-order valence-electron chi connectivity index (χ3n) is 6.10. The maximum Gasteiger partial charge on any atom is 0.272 e. The lowest BCUT2D eigenvalue weighted by atomic mass is 9.75. The Morgan fingerprint density at radius 3 is 2.84 bits per heavy atom. The van der Waals surface area contributed by atoms with Gasteiger partial charge in [0.15, 0.2) is 0 Å². The molecule has 8 nitrogen and oxygen atoms in total. The largest absolute Gasteiger partial charge is 0.488 e. The summed E-state index contributed by atoms with van der Waals surface area (Å²) in [4.78, 5) is 30.1. The van der Waals surface area contributed by atoms with Gasteiger partial charge in [-0.25, -0.2) is 5.10 Å². The first-order chi connectivity index (χ1) is 15.1. The molecule has 4 N–H and O–H groups in total. The second kappa shape index (κ2) is 6.36. The number of nitrogens with zero attached hydrogens (tertiary/aromatic N) is 2. The van der Waals surface area contributed by atoms with Gasteiger partial charge in [-0.1, -0.05) is 18.2 Å². The lowest BCUT2D eigenvalue weighted by molar-refractivity contribution is -0.117. The maximum absolute atomic E-state index is 13.3. The average molecular weight is 413 g/mol. The summed E-state index contributed by atoms with van der Waals surface area (Å²) < 4.78 is 6.02. The summed E-state index contributed by atoms with van der Waals surface area (Å²) >= 11 is 0. The summed E-state index contributed by atoms with van der Waals surface area (Å²) in [5.74, 6) is 0.509. The minimum absolute atomic E-state index is 0.176. The minimum Gasteiger partial charge on any atom is -0.488 e. The summed E-state index contributed by atoms with van der Waals surface area (Å²) in [5.41, 5.74) is 7.90. The predicted molar refractivity (Wildman–Crippen MR) is 116 cm³/mol. The first kappa shape index (κ1) is 18.0. The molecule has 0 radical (unpaired) electrons. The van der Waals surface area contributed by atoms with E-state index >= 15 is 0 Å². The third kappa shape index (κ3) is 2.51. The Kier molecular flexibility index (Phi) is 3.70. The van der Waals surface area contributed by atoms with Crippen molar-refractivity contribution in [1.82, 2.24) is 10.2 Å². The highest BCUT2D eigenvalue weighted by atomic mass is 16.5. The molecular weight excluding hydrogens is 394 g/mol. The van der Waals surface area contributed by atoms with Gasteiger partial charge in [-0.2, -0.15) is 5.10 Å². The number of aliphatic imine (C=N–C) groups is 1. The van der Waals surface area contributed by atoms with E-state index in [1.165, 1.54) is 0 Å². The van der Waals surface area contributed by atoms with Gasteiger partial charge in [0.1, 0.15) is 11.2 Å². The van der Waals surface area contributed by atoms with Crippen LogP contribution in [-0.4, -0.2) is 27.9 Å². The van der Waals surface area contributed by atoms with E-state index in [1.54, 1.807) is 18.3 Å². The predicted octanol–water partition coefficient (Wildman–Crippen LogP) is 2.13. The zero-order chi connectivity index (χ0) is 21.2. The molecule has 1 aromatic heterocycles. The number of carbonyl (C=O) groups excluding carboxylic acids is 1. The van der Waals surface area contributed by atoms with Crippen molar-refractivity contribution in [3.63, 3.8) is 0 Å². The van der Waals surface area contributed by atoms with Crippen molar-refractivity contribution in [3.8, 4) is 5.75 Å². The van der Waals surface area contributed by atoms with E-state index in [4.69, 9.17) is 10.5 Å². The van der Waals surface area contributed by atoms with E-state index in [-0.39, 0.29) is 24.1 Å². The average Bonchev–Trinajstić information content (AvgIpc) is 3.41. The normalized spacial score (nSPS) is 21.5. The molecule has 31 heavy (non-hydrogen) atoms. The number of hydrogen-bond acceptors (Lipinski definition) is 6. The van der Waals surface area contributed by atoms with Crippen LogP contribution in [0.5, 0.6) is 5.75 Å². The molecule has 1 atom stereocenters. The Hall–Kier alpha value is -3.78. The van der Waals surface area contributed by atoms with Crippen molar-refractivity contribution in [3.05, 3.63) is 75.8 Å². The van der Waals surface area contributed by atoms with Crippen LogP contribution in [0.4, 0.5) is 5.69 Å². The van der Waals surface area contributed by atoms with Crippen LogP contribution in [0.1, 0.15) is 29.7 Å². The molecule has 1 amide bonds. The lowest BCUT2D eigenvalue weighted by Crippen LogP contribution is -2.39. The third-order valence-corrected chi connectivity index (χ3v) is 6.10. The Bertz CT molecular complexity index is 1390. The Labute approximate surface area is 176 Å². The molecule has 1 unspecified atom stereocenters. The highest BCUT2D eigenvalue weighted by molar-refractivity contribution is 6.31. The Morgan fingerprint density at radius 1 is 1.16 bits per heavy atom. The van der Waals surface area contributed by atoms with Crippen molar-refractivity contribution >= 4 is 28.1 Å². The SMILES string of the molecule is NCc1n[nH]c(=O)c2ccc(C3=NC=CC34C(=O)Nc3c(OC5CC5)cccc34)cc12. The van der Waals surface area contributed by atoms with E-state index in [1.807, 2.05) is 30.3 Å². The summed E-state index contributed by atoms with van der Waals surface area (Å²) in [6.45, 7) is 0.178. The smallest absolute Gasteiger partial charge is 0.272 e. The van der Waals surface area contributed by atoms with Gasteiger partial charge < -0.3 is 15.8 Å². The number of fused-ring (bicyclic) bond motifs is 3. The van der Waals surface area contributed by atoms with Gasteiger partial charge >= 0.3 is 0 Å². The monoisotopic (exact) mass is 413 g/mol. The second-order valence-electron chi connectivity index (χ2n) is 8.02. The van der Waals surface area contributed by atoms with Crippen LogP contribution >= 0.6 is 0 Å². The Morgan fingerprint density at radius 2 is 2.03 bits per heavy atom. The number of hydrogen-bond donors (Lipinski definition) is 3. The molecule has 3 heterocycles. The van der Waals surface area contributed by atoms with Gasteiger partial charge in [0.25, 0.3) is 5.56 Å². The lowest BCUT2D eigenvalue weighted by Gasteiger charge is -2.23. The van der Waals surface area contributed by atoms with Crippen LogP contribution < -0.4 is 21.3 Å². The number of nitrogens with one attached hydrogen (secondary N) is 2. The fourth-order valence-corrected chi connectivity index (χ4v) is 4.42. The number of rotatable bonds is 4. The van der Waals surface area contributed by atoms with E-state index in [9.17, 15) is 9.59 Å². The van der Waals surface area contributed by atoms with E-state index < -0.39 is 5.41 Å². The topological polar surface area (TPSA) is 122 Å². The zero-order valence-corrected chi connectivity index (χ0v) is 16.5. The quantitative estimate of drug-likeness (QED) is 0.605. The Balaban J connectivity index is 1.52. The van der Waals surface area contributed by atoms with Crippen LogP contribution in [-0.2, 0) is 16.8 Å². The molecule has 1 fully saturated rings. The van der Waals surface area contributed by atoms with E-state index in [0.29, 0.717) is 33.6 Å². The van der Waals surface area contributed by atoms with E-state index in [0.717, 1.165) is 24.0 Å². The highest BCUT2D eigenvalue weighted by Crippen LogP contribution is 2.48. The molecule has 1 saturated carbocycles. The molecule has 154 valence electrons. The van der Waals surface area contributed by atoms with Crippen molar-refractivity contribution in [1.29, 1.82) is 0 Å². The van der Waals surface area contributed by atoms with E-state index in [2.05, 4.69) is 20.5 Å². The first-order valence-corrected chi connectivity index (χ1v) is 10.2. The number of nitrogens with two attached hydrogens (primary N) is 1. The molecule has 3 aromatic rings. The molecule has 8 heteroatoms. The summed E-state index contributed by atoms with van der Waals surface area (Å²) in [7, 11) is 0. The van der Waals surface area contributed by atoms with Gasteiger partial charge in [-0.05, 0) is 42.7 Å². The number of anilines is 1. The van der Waals surface area contributed by atoms with Crippen LogP contribution in [0, 0.1) is 0 Å². The summed E-state index contributed by atoms with van der Waals surface area (Å²) in [5, 5.41) is 10.7. The molecule has 2 aliphatic heterocycles. The molecule has 3 aliphatic rings. The van der Waals surface area contributed by atoms with Gasteiger partial charge in [-0.3, -0.25) is 14.6 Å². The minimum atomic E-state index is -1.05. The fraction of sp³-hybridized carbons (Fsp3) is 0.217.